The molecule has 1 aliphatic carbocycles. The summed E-state index contributed by atoms with van der Waals surface area (Å²) in [6, 6.07) is 4.00. The number of amides is 1. The van der Waals surface area contributed by atoms with Crippen molar-refractivity contribution in [2.24, 2.45) is 0 Å². The third-order valence-electron chi connectivity index (χ3n) is 3.34. The maximum atomic E-state index is 12.4. The molecular weight excluding hydrogens is 271 g/mol. The first-order chi connectivity index (χ1) is 9.36. The Labute approximate surface area is 114 Å². The average molecular weight is 285 g/mol. The summed E-state index contributed by atoms with van der Waals surface area (Å²) in [4.78, 5) is 12.0. The molecule has 1 aliphatic rings. The molecule has 1 aromatic rings. The highest BCUT2D eigenvalue weighted by Crippen LogP contribution is 2.29. The zero-order valence-electron chi connectivity index (χ0n) is 10.6. The van der Waals surface area contributed by atoms with Gasteiger partial charge in [0.15, 0.2) is 0 Å². The van der Waals surface area contributed by atoms with Gasteiger partial charge in [0.2, 0.25) is 0 Å². The highest BCUT2D eigenvalue weighted by atomic mass is 19.4. The van der Waals surface area contributed by atoms with Crippen LogP contribution in [0.25, 0.3) is 0 Å². The molecule has 6 heteroatoms. The van der Waals surface area contributed by atoms with Crippen LogP contribution in [0.3, 0.4) is 0 Å². The number of hydrogen-bond acceptors (Lipinski definition) is 2. The van der Waals surface area contributed by atoms with E-state index in [4.69, 9.17) is 0 Å². The highest BCUT2D eigenvalue weighted by Gasteiger charge is 2.33. The molecule has 108 valence electrons. The summed E-state index contributed by atoms with van der Waals surface area (Å²) >= 11 is 0. The summed E-state index contributed by atoms with van der Waals surface area (Å²) in [6.07, 6.45) is 0.301. The number of carbonyl (C=O) groups excluding carboxylic acids is 1. The summed E-state index contributed by atoms with van der Waals surface area (Å²) in [5.74, 6) is -0.489. The van der Waals surface area contributed by atoms with Gasteiger partial charge in [-0.15, -0.1) is 0 Å². The zero-order valence-corrected chi connectivity index (χ0v) is 10.6. The van der Waals surface area contributed by atoms with Crippen LogP contribution >= 0.6 is 0 Å². The van der Waals surface area contributed by atoms with Crippen LogP contribution in [0.1, 0.15) is 28.8 Å². The summed E-state index contributed by atoms with van der Waals surface area (Å²) in [7, 11) is 0. The maximum absolute atomic E-state index is 12.4. The molecule has 0 saturated heterocycles. The van der Waals surface area contributed by atoms with E-state index in [0.29, 0.717) is 12.8 Å². The fourth-order valence-electron chi connectivity index (χ4n) is 2.10. The second-order valence-corrected chi connectivity index (χ2v) is 4.85. The number of aliphatic hydroxyl groups is 1. The second kappa shape index (κ2) is 5.28. The average Bonchev–Trinajstić information content (AvgIpc) is 2.87. The van der Waals surface area contributed by atoms with Crippen LogP contribution in [0.2, 0.25) is 0 Å². The Balaban J connectivity index is 2.10. The van der Waals surface area contributed by atoms with Gasteiger partial charge in [0.05, 0.1) is 17.7 Å². The third-order valence-corrected chi connectivity index (χ3v) is 3.34. The smallest absolute Gasteiger partial charge is 0.394 e. The summed E-state index contributed by atoms with van der Waals surface area (Å²) in [5.41, 5.74) is -1.40. The van der Waals surface area contributed by atoms with Gasteiger partial charge in [-0.05, 0) is 37.1 Å². The lowest BCUT2D eigenvalue weighted by Gasteiger charge is -2.28. The van der Waals surface area contributed by atoms with Crippen molar-refractivity contribution < 1.29 is 23.1 Å². The number of rotatable bonds is 3. The van der Waals surface area contributed by atoms with Crippen LogP contribution in [-0.2, 0) is 6.18 Å². The first-order valence-corrected chi connectivity index (χ1v) is 6.12. The predicted molar refractivity (Wildman–Crippen MR) is 67.1 cm³/mol. The van der Waals surface area contributed by atoms with E-state index < -0.39 is 23.2 Å². The van der Waals surface area contributed by atoms with Gasteiger partial charge in [-0.25, -0.2) is 0 Å². The molecule has 0 spiro atoms. The molecule has 1 amide bonds. The first-order valence-electron chi connectivity index (χ1n) is 6.12. The van der Waals surface area contributed by atoms with E-state index in [9.17, 15) is 23.1 Å². The molecule has 0 aromatic heterocycles. The molecule has 3 nitrogen and oxygen atoms in total. The fraction of sp³-hybridized carbons (Fsp3) is 0.357. The Morgan fingerprint density at radius 1 is 1.20 bits per heavy atom. The molecular formula is C14H14F3NO2. The monoisotopic (exact) mass is 285 g/mol. The lowest BCUT2D eigenvalue weighted by atomic mass is 9.97. The predicted octanol–water partition coefficient (Wildman–Crippen LogP) is 2.52. The van der Waals surface area contributed by atoms with Crippen LogP contribution in [0, 0.1) is 0 Å². The number of halogens is 3. The molecule has 2 rings (SSSR count). The number of nitrogens with one attached hydrogen (secondary N) is 1. The molecule has 1 aromatic carbocycles. The lowest BCUT2D eigenvalue weighted by Crippen LogP contribution is -2.49. The zero-order chi connectivity index (χ0) is 14.8. The molecule has 2 N–H and O–H groups in total. The Morgan fingerprint density at radius 3 is 2.20 bits per heavy atom. The van der Waals surface area contributed by atoms with Crippen molar-refractivity contribution in [3.8, 4) is 0 Å². The minimum Gasteiger partial charge on any atom is -0.394 e. The van der Waals surface area contributed by atoms with Crippen molar-refractivity contribution in [2.45, 2.75) is 24.6 Å². The van der Waals surface area contributed by atoms with Crippen LogP contribution in [-0.4, -0.2) is 23.2 Å². The molecule has 0 heterocycles. The molecule has 0 bridgehead atoms. The van der Waals surface area contributed by atoms with E-state index in [2.05, 4.69) is 5.32 Å². The standard InChI is InChI=1S/C14H14F3NO2/c15-14(16,17)11-5-3-10(4-6-11)12(20)18-13(9-19)7-1-2-8-13/h1-6,19H,7-9H2,(H,18,20). The van der Waals surface area contributed by atoms with Gasteiger partial charge in [-0.2, -0.15) is 13.2 Å². The van der Waals surface area contributed by atoms with Crippen LogP contribution in [0.4, 0.5) is 13.2 Å². The Hall–Kier alpha value is -1.82. The number of alkyl halides is 3. The van der Waals surface area contributed by atoms with Gasteiger partial charge in [0, 0.05) is 5.56 Å². The summed E-state index contributed by atoms with van der Waals surface area (Å²) < 4.78 is 37.3. The molecule has 0 unspecified atom stereocenters. The largest absolute Gasteiger partial charge is 0.416 e. The van der Waals surface area contributed by atoms with E-state index in [1.54, 1.807) is 0 Å². The number of carbonyl (C=O) groups is 1. The normalized spacial score (nSPS) is 17.2. The van der Waals surface area contributed by atoms with Crippen molar-refractivity contribution in [2.75, 3.05) is 6.61 Å². The van der Waals surface area contributed by atoms with Gasteiger partial charge in [0.25, 0.3) is 5.91 Å². The topological polar surface area (TPSA) is 49.3 Å². The quantitative estimate of drug-likeness (QED) is 0.838. The number of hydrogen-bond donors (Lipinski definition) is 2. The van der Waals surface area contributed by atoms with Gasteiger partial charge < -0.3 is 10.4 Å². The van der Waals surface area contributed by atoms with Crippen molar-refractivity contribution >= 4 is 5.91 Å². The van der Waals surface area contributed by atoms with E-state index in [1.807, 2.05) is 12.2 Å². The molecule has 0 radical (unpaired) electrons. The SMILES string of the molecule is O=C(NC1(CO)CC=CC1)c1ccc(C(F)(F)F)cc1. The number of aliphatic hydroxyl groups excluding tert-OH is 1. The van der Waals surface area contributed by atoms with Crippen molar-refractivity contribution in [1.29, 1.82) is 0 Å². The van der Waals surface area contributed by atoms with Gasteiger partial charge in [-0.1, -0.05) is 12.2 Å². The van der Waals surface area contributed by atoms with E-state index in [1.165, 1.54) is 0 Å². The van der Waals surface area contributed by atoms with Gasteiger partial charge in [0.1, 0.15) is 0 Å². The third kappa shape index (κ3) is 3.01. The van der Waals surface area contributed by atoms with E-state index >= 15 is 0 Å². The Morgan fingerprint density at radius 2 is 1.75 bits per heavy atom. The number of benzene rings is 1. The molecule has 0 fully saturated rings. The summed E-state index contributed by atoms with van der Waals surface area (Å²) in [6.45, 7) is -0.216. The molecule has 0 saturated carbocycles. The van der Waals surface area contributed by atoms with Gasteiger partial charge >= 0.3 is 6.18 Å². The van der Waals surface area contributed by atoms with Crippen LogP contribution in [0.5, 0.6) is 0 Å². The van der Waals surface area contributed by atoms with E-state index in [0.717, 1.165) is 24.3 Å². The Bertz CT molecular complexity index is 512. The van der Waals surface area contributed by atoms with Gasteiger partial charge in [-0.3, -0.25) is 4.79 Å². The first kappa shape index (κ1) is 14.6. The minimum absolute atomic E-state index is 0.137. The minimum atomic E-state index is -4.42. The summed E-state index contributed by atoms with van der Waals surface area (Å²) in [5, 5.41) is 12.0. The maximum Gasteiger partial charge on any atom is 0.416 e. The van der Waals surface area contributed by atoms with Crippen LogP contribution < -0.4 is 5.32 Å². The molecule has 0 aliphatic heterocycles. The lowest BCUT2D eigenvalue weighted by molar-refractivity contribution is -0.137. The van der Waals surface area contributed by atoms with E-state index in [-0.39, 0.29) is 12.2 Å². The molecule has 20 heavy (non-hydrogen) atoms. The van der Waals surface area contributed by atoms with Crippen molar-refractivity contribution in [3.05, 3.63) is 47.5 Å². The Kier molecular flexibility index (Phi) is 3.85. The van der Waals surface area contributed by atoms with Crippen molar-refractivity contribution in [1.82, 2.24) is 5.32 Å². The fourth-order valence-corrected chi connectivity index (χ4v) is 2.10. The van der Waals surface area contributed by atoms with Crippen molar-refractivity contribution in [3.63, 3.8) is 0 Å². The highest BCUT2D eigenvalue weighted by molar-refractivity contribution is 5.94. The van der Waals surface area contributed by atoms with Crippen LogP contribution in [0.15, 0.2) is 36.4 Å². The molecule has 0 atom stereocenters. The second-order valence-electron chi connectivity index (χ2n) is 4.85.